The normalized spacial score (nSPS) is 10.6. The number of rotatable bonds is 7. The molecule has 0 bridgehead atoms. The van der Waals surface area contributed by atoms with Gasteiger partial charge in [-0.3, -0.25) is 4.79 Å². The van der Waals surface area contributed by atoms with E-state index in [-0.39, 0.29) is 28.6 Å². The van der Waals surface area contributed by atoms with Crippen LogP contribution >= 0.6 is 0 Å². The zero-order valence-electron chi connectivity index (χ0n) is 14.5. The summed E-state index contributed by atoms with van der Waals surface area (Å²) in [5.74, 6) is 0.611. The van der Waals surface area contributed by atoms with E-state index in [1.165, 1.54) is 33.5 Å². The highest BCUT2D eigenvalue weighted by Gasteiger charge is 2.24. The van der Waals surface area contributed by atoms with Crippen molar-refractivity contribution in [3.05, 3.63) is 47.5 Å². The smallest absolute Gasteiger partial charge is 0.204 e. The molecule has 2 aromatic carbocycles. The molecule has 2 aromatic rings. The third-order valence-corrected chi connectivity index (χ3v) is 3.58. The fourth-order valence-corrected chi connectivity index (χ4v) is 2.38. The average Bonchev–Trinajstić information content (AvgIpc) is 2.64. The van der Waals surface area contributed by atoms with E-state index in [9.17, 15) is 9.90 Å². The first kappa shape index (κ1) is 18.2. The number of hydrogen-bond acceptors (Lipinski definition) is 6. The summed E-state index contributed by atoms with van der Waals surface area (Å²) in [7, 11) is 5.82. The molecule has 0 aromatic heterocycles. The molecule has 0 unspecified atom stereocenters. The summed E-state index contributed by atoms with van der Waals surface area (Å²) in [6, 6.07) is 8.56. The molecule has 0 amide bonds. The van der Waals surface area contributed by atoms with Gasteiger partial charge in [-0.2, -0.15) is 0 Å². The first-order valence-electron chi connectivity index (χ1n) is 7.44. The first-order chi connectivity index (χ1) is 12.0. The standard InChI is InChI=1S/C19H20O6/c1-22-13-7-5-6-12(10-13)8-9-14(20)17-15(21)11-16(23-2)18(24-3)19(17)25-4/h5-11,21H,1-4H3/b9-8+. The van der Waals surface area contributed by atoms with Crippen LogP contribution in [-0.4, -0.2) is 39.3 Å². The van der Waals surface area contributed by atoms with Gasteiger partial charge in [0.15, 0.2) is 17.3 Å². The monoisotopic (exact) mass is 344 g/mol. The minimum Gasteiger partial charge on any atom is -0.507 e. The van der Waals surface area contributed by atoms with Crippen LogP contribution in [0, 0.1) is 0 Å². The predicted molar refractivity (Wildman–Crippen MR) is 94.1 cm³/mol. The molecule has 6 heteroatoms. The summed E-state index contributed by atoms with van der Waals surface area (Å²) < 4.78 is 20.8. The quantitative estimate of drug-likeness (QED) is 0.613. The van der Waals surface area contributed by atoms with E-state index in [0.717, 1.165) is 5.56 Å². The number of ether oxygens (including phenoxy) is 4. The van der Waals surface area contributed by atoms with Gasteiger partial charge in [-0.15, -0.1) is 0 Å². The van der Waals surface area contributed by atoms with E-state index < -0.39 is 5.78 Å². The van der Waals surface area contributed by atoms with Gasteiger partial charge in [-0.25, -0.2) is 0 Å². The number of phenolic OH excluding ortho intramolecular Hbond substituents is 1. The van der Waals surface area contributed by atoms with Gasteiger partial charge in [-0.05, 0) is 23.8 Å². The van der Waals surface area contributed by atoms with Crippen LogP contribution in [0.25, 0.3) is 6.08 Å². The van der Waals surface area contributed by atoms with Gasteiger partial charge >= 0.3 is 0 Å². The molecule has 6 nitrogen and oxygen atoms in total. The Labute approximate surface area is 146 Å². The van der Waals surface area contributed by atoms with Crippen LogP contribution in [0.4, 0.5) is 0 Å². The summed E-state index contributed by atoms with van der Waals surface area (Å²) in [6.45, 7) is 0. The lowest BCUT2D eigenvalue weighted by Gasteiger charge is -2.15. The second-order valence-corrected chi connectivity index (χ2v) is 5.01. The van der Waals surface area contributed by atoms with Gasteiger partial charge < -0.3 is 24.1 Å². The topological polar surface area (TPSA) is 74.2 Å². The van der Waals surface area contributed by atoms with Crippen molar-refractivity contribution in [2.24, 2.45) is 0 Å². The number of hydrogen-bond donors (Lipinski definition) is 1. The second kappa shape index (κ2) is 8.10. The van der Waals surface area contributed by atoms with Gasteiger partial charge in [0.05, 0.1) is 28.4 Å². The average molecular weight is 344 g/mol. The van der Waals surface area contributed by atoms with Crippen LogP contribution in [0.15, 0.2) is 36.4 Å². The van der Waals surface area contributed by atoms with Crippen molar-refractivity contribution in [1.29, 1.82) is 0 Å². The summed E-state index contributed by atoms with van der Waals surface area (Å²) in [4.78, 5) is 12.6. The Balaban J connectivity index is 2.43. The molecular weight excluding hydrogens is 324 g/mol. The summed E-state index contributed by atoms with van der Waals surface area (Å²) in [5.41, 5.74) is 0.783. The van der Waals surface area contributed by atoms with Crippen LogP contribution in [0.3, 0.4) is 0 Å². The number of carbonyl (C=O) groups is 1. The third-order valence-electron chi connectivity index (χ3n) is 3.58. The Morgan fingerprint density at radius 1 is 0.960 bits per heavy atom. The van der Waals surface area contributed by atoms with E-state index in [2.05, 4.69) is 0 Å². The predicted octanol–water partition coefficient (Wildman–Crippen LogP) is 3.32. The highest BCUT2D eigenvalue weighted by molar-refractivity contribution is 6.11. The Bertz CT molecular complexity index is 795. The molecule has 0 aliphatic carbocycles. The van der Waals surface area contributed by atoms with Gasteiger partial charge in [0.25, 0.3) is 0 Å². The zero-order chi connectivity index (χ0) is 18.4. The Morgan fingerprint density at radius 2 is 1.68 bits per heavy atom. The lowest BCUT2D eigenvalue weighted by Crippen LogP contribution is -2.03. The fourth-order valence-electron chi connectivity index (χ4n) is 2.38. The molecule has 0 aliphatic heterocycles. The first-order valence-corrected chi connectivity index (χ1v) is 7.44. The largest absolute Gasteiger partial charge is 0.507 e. The maximum absolute atomic E-state index is 12.6. The number of methoxy groups -OCH3 is 4. The zero-order valence-corrected chi connectivity index (χ0v) is 14.5. The number of carbonyl (C=O) groups excluding carboxylic acids is 1. The number of ketones is 1. The van der Waals surface area contributed by atoms with E-state index >= 15 is 0 Å². The second-order valence-electron chi connectivity index (χ2n) is 5.01. The molecule has 0 atom stereocenters. The fraction of sp³-hybridized carbons (Fsp3) is 0.211. The molecule has 0 saturated heterocycles. The SMILES string of the molecule is COc1cccc(/C=C/C(=O)c2c(O)cc(OC)c(OC)c2OC)c1. The molecular formula is C19H20O6. The number of phenols is 1. The maximum atomic E-state index is 12.6. The van der Waals surface area contributed by atoms with Crippen LogP contribution < -0.4 is 18.9 Å². The molecule has 0 radical (unpaired) electrons. The van der Waals surface area contributed by atoms with Crippen molar-refractivity contribution >= 4 is 11.9 Å². The Hall–Kier alpha value is -3.15. The van der Waals surface area contributed by atoms with Gasteiger partial charge in [-0.1, -0.05) is 18.2 Å². The van der Waals surface area contributed by atoms with E-state index in [1.54, 1.807) is 19.3 Å². The van der Waals surface area contributed by atoms with Crippen molar-refractivity contribution in [3.8, 4) is 28.7 Å². The van der Waals surface area contributed by atoms with Crippen molar-refractivity contribution < 1.29 is 28.8 Å². The van der Waals surface area contributed by atoms with Crippen LogP contribution in [-0.2, 0) is 0 Å². The minimum absolute atomic E-state index is 0.000652. The number of aromatic hydroxyl groups is 1. The van der Waals surface area contributed by atoms with E-state index in [1.807, 2.05) is 18.2 Å². The highest BCUT2D eigenvalue weighted by Crippen LogP contribution is 2.44. The molecule has 2 rings (SSSR count). The van der Waals surface area contributed by atoms with E-state index in [0.29, 0.717) is 5.75 Å². The van der Waals surface area contributed by atoms with Gasteiger partial charge in [0, 0.05) is 6.07 Å². The van der Waals surface area contributed by atoms with Gasteiger partial charge in [0.2, 0.25) is 5.75 Å². The molecule has 25 heavy (non-hydrogen) atoms. The van der Waals surface area contributed by atoms with Crippen LogP contribution in [0.2, 0.25) is 0 Å². The summed E-state index contributed by atoms with van der Waals surface area (Å²) in [5, 5.41) is 10.2. The van der Waals surface area contributed by atoms with Crippen LogP contribution in [0.1, 0.15) is 15.9 Å². The molecule has 0 fully saturated rings. The van der Waals surface area contributed by atoms with Crippen molar-refractivity contribution in [3.63, 3.8) is 0 Å². The van der Waals surface area contributed by atoms with Crippen LogP contribution in [0.5, 0.6) is 28.7 Å². The van der Waals surface area contributed by atoms with E-state index in [4.69, 9.17) is 18.9 Å². The molecule has 132 valence electrons. The Kier molecular flexibility index (Phi) is 5.89. The Morgan fingerprint density at radius 3 is 2.28 bits per heavy atom. The van der Waals surface area contributed by atoms with Gasteiger partial charge in [0.1, 0.15) is 17.1 Å². The minimum atomic E-state index is -0.432. The number of benzene rings is 2. The highest BCUT2D eigenvalue weighted by atomic mass is 16.5. The van der Waals surface area contributed by atoms with Crippen molar-refractivity contribution in [2.75, 3.05) is 28.4 Å². The summed E-state index contributed by atoms with van der Waals surface area (Å²) in [6.07, 6.45) is 2.97. The molecule has 0 saturated carbocycles. The number of allylic oxidation sites excluding steroid dienone is 1. The lowest BCUT2D eigenvalue weighted by molar-refractivity contribution is 0.104. The summed E-state index contributed by atoms with van der Waals surface area (Å²) >= 11 is 0. The van der Waals surface area contributed by atoms with Crippen molar-refractivity contribution in [1.82, 2.24) is 0 Å². The van der Waals surface area contributed by atoms with Crippen molar-refractivity contribution in [2.45, 2.75) is 0 Å². The molecule has 0 spiro atoms. The molecule has 0 heterocycles. The molecule has 1 N–H and O–H groups in total. The molecule has 0 aliphatic rings. The third kappa shape index (κ3) is 3.85. The lowest BCUT2D eigenvalue weighted by atomic mass is 10.0. The maximum Gasteiger partial charge on any atom is 0.204 e.